The number of rotatable bonds is 4. The molecule has 0 N–H and O–H groups in total. The van der Waals surface area contributed by atoms with Gasteiger partial charge in [-0.3, -0.25) is 9.78 Å². The number of pyridine rings is 1. The Hall–Kier alpha value is -1.94. The molecule has 0 bridgehead atoms. The van der Waals surface area contributed by atoms with Crippen LogP contribution < -0.4 is 0 Å². The third kappa shape index (κ3) is 3.12. The molecule has 0 unspecified atom stereocenters. The first-order chi connectivity index (χ1) is 10.8. The van der Waals surface area contributed by atoms with Gasteiger partial charge in [0, 0.05) is 38.4 Å². The van der Waals surface area contributed by atoms with Crippen molar-refractivity contribution in [1.29, 1.82) is 0 Å². The van der Waals surface area contributed by atoms with Crippen molar-refractivity contribution < 1.29 is 9.53 Å². The van der Waals surface area contributed by atoms with Crippen LogP contribution >= 0.6 is 0 Å². The van der Waals surface area contributed by atoms with Crippen LogP contribution in [0.2, 0.25) is 0 Å². The molecule has 4 nitrogen and oxygen atoms in total. The first-order valence-electron chi connectivity index (χ1n) is 7.91. The lowest BCUT2D eigenvalue weighted by atomic mass is 9.93. The Morgan fingerprint density at radius 3 is 2.82 bits per heavy atom. The van der Waals surface area contributed by atoms with Gasteiger partial charge in [-0.25, -0.2) is 0 Å². The summed E-state index contributed by atoms with van der Waals surface area (Å²) in [5.74, 6) is 0.728. The smallest absolute Gasteiger partial charge is 0.273 e. The van der Waals surface area contributed by atoms with Crippen molar-refractivity contribution in [2.45, 2.75) is 19.3 Å². The van der Waals surface area contributed by atoms with Gasteiger partial charge in [0.1, 0.15) is 5.69 Å². The highest BCUT2D eigenvalue weighted by atomic mass is 16.5. The number of amides is 1. The second kappa shape index (κ2) is 6.88. The zero-order valence-corrected chi connectivity index (χ0v) is 13.0. The van der Waals surface area contributed by atoms with E-state index in [0.29, 0.717) is 11.6 Å². The molecule has 1 fully saturated rings. The van der Waals surface area contributed by atoms with Crippen LogP contribution in [-0.2, 0) is 4.74 Å². The molecule has 116 valence electrons. The van der Waals surface area contributed by atoms with Gasteiger partial charge in [-0.2, -0.15) is 0 Å². The number of benzene rings is 1. The molecule has 3 rings (SSSR count). The number of ether oxygens (including phenoxy) is 1. The second-order valence-electron chi connectivity index (χ2n) is 5.90. The standard InChI is InChI=1S/C18H22N2O2/c1-22-13-9-14-7-11-20(12-8-14)18(21)17-16-5-3-2-4-15(16)6-10-19-17/h2-6,10,14H,7-9,11-13H2,1H3. The monoisotopic (exact) mass is 298 g/mol. The number of likely N-dealkylation sites (tertiary alicyclic amines) is 1. The molecule has 1 saturated heterocycles. The zero-order chi connectivity index (χ0) is 15.4. The number of hydrogen-bond acceptors (Lipinski definition) is 3. The summed E-state index contributed by atoms with van der Waals surface area (Å²) < 4.78 is 5.15. The highest BCUT2D eigenvalue weighted by Gasteiger charge is 2.25. The van der Waals surface area contributed by atoms with E-state index in [9.17, 15) is 4.79 Å². The quantitative estimate of drug-likeness (QED) is 0.871. The van der Waals surface area contributed by atoms with Gasteiger partial charge < -0.3 is 9.64 Å². The topological polar surface area (TPSA) is 42.4 Å². The maximum Gasteiger partial charge on any atom is 0.273 e. The molecule has 0 saturated carbocycles. The van der Waals surface area contributed by atoms with Crippen LogP contribution in [0, 0.1) is 5.92 Å². The van der Waals surface area contributed by atoms with E-state index in [2.05, 4.69) is 4.98 Å². The van der Waals surface area contributed by atoms with E-state index >= 15 is 0 Å². The number of hydrogen-bond donors (Lipinski definition) is 0. The predicted molar refractivity (Wildman–Crippen MR) is 86.9 cm³/mol. The Bertz CT molecular complexity index is 643. The molecule has 0 aliphatic carbocycles. The van der Waals surface area contributed by atoms with Crippen molar-refractivity contribution in [2.75, 3.05) is 26.8 Å². The SMILES string of the molecule is COCCC1CCN(C(=O)c2nccc3ccccc23)CC1. The van der Waals surface area contributed by atoms with E-state index in [-0.39, 0.29) is 5.91 Å². The first kappa shape index (κ1) is 15.0. The Labute approximate surface area is 131 Å². The summed E-state index contributed by atoms with van der Waals surface area (Å²) in [5, 5.41) is 2.01. The average molecular weight is 298 g/mol. The van der Waals surface area contributed by atoms with Crippen molar-refractivity contribution in [1.82, 2.24) is 9.88 Å². The number of fused-ring (bicyclic) bond motifs is 1. The molecule has 4 heteroatoms. The minimum Gasteiger partial charge on any atom is -0.385 e. The summed E-state index contributed by atoms with van der Waals surface area (Å²) in [6, 6.07) is 9.88. The highest BCUT2D eigenvalue weighted by molar-refractivity contribution is 6.05. The van der Waals surface area contributed by atoms with Gasteiger partial charge in [-0.1, -0.05) is 24.3 Å². The number of aromatic nitrogens is 1. The van der Waals surface area contributed by atoms with Crippen molar-refractivity contribution in [3.63, 3.8) is 0 Å². The minimum atomic E-state index is 0.0574. The minimum absolute atomic E-state index is 0.0574. The fourth-order valence-corrected chi connectivity index (χ4v) is 3.15. The summed E-state index contributed by atoms with van der Waals surface area (Å²) in [7, 11) is 1.74. The van der Waals surface area contributed by atoms with E-state index in [0.717, 1.165) is 49.7 Å². The van der Waals surface area contributed by atoms with Gasteiger partial charge >= 0.3 is 0 Å². The molecule has 0 atom stereocenters. The van der Waals surface area contributed by atoms with Crippen LogP contribution in [-0.4, -0.2) is 42.6 Å². The molecular formula is C18H22N2O2. The molecule has 1 aliphatic heterocycles. The molecule has 22 heavy (non-hydrogen) atoms. The van der Waals surface area contributed by atoms with Crippen LogP contribution in [0.5, 0.6) is 0 Å². The average Bonchev–Trinajstić information content (AvgIpc) is 2.59. The summed E-state index contributed by atoms with van der Waals surface area (Å²) in [4.78, 5) is 19.1. The zero-order valence-electron chi connectivity index (χ0n) is 13.0. The Morgan fingerprint density at radius 2 is 2.05 bits per heavy atom. The maximum atomic E-state index is 12.8. The summed E-state index contributed by atoms with van der Waals surface area (Å²) >= 11 is 0. The van der Waals surface area contributed by atoms with E-state index in [1.165, 1.54) is 0 Å². The predicted octanol–water partition coefficient (Wildman–Crippen LogP) is 3.12. The second-order valence-corrected chi connectivity index (χ2v) is 5.90. The Kier molecular flexibility index (Phi) is 4.68. The van der Waals surface area contributed by atoms with Crippen LogP contribution in [0.15, 0.2) is 36.5 Å². The third-order valence-electron chi connectivity index (χ3n) is 4.51. The van der Waals surface area contributed by atoms with Crippen LogP contribution in [0.4, 0.5) is 0 Å². The fraction of sp³-hybridized carbons (Fsp3) is 0.444. The van der Waals surface area contributed by atoms with Crippen molar-refractivity contribution in [2.24, 2.45) is 5.92 Å². The maximum absolute atomic E-state index is 12.8. The van der Waals surface area contributed by atoms with Gasteiger partial charge in [-0.15, -0.1) is 0 Å². The van der Waals surface area contributed by atoms with Gasteiger partial charge in [0.15, 0.2) is 0 Å². The van der Waals surface area contributed by atoms with E-state index in [4.69, 9.17) is 4.74 Å². The van der Waals surface area contributed by atoms with Crippen molar-refractivity contribution in [3.8, 4) is 0 Å². The molecular weight excluding hydrogens is 276 g/mol. The third-order valence-corrected chi connectivity index (χ3v) is 4.51. The molecule has 0 radical (unpaired) electrons. The van der Waals surface area contributed by atoms with Crippen molar-refractivity contribution >= 4 is 16.7 Å². The molecule has 2 aromatic rings. The van der Waals surface area contributed by atoms with Gasteiger partial charge in [0.25, 0.3) is 5.91 Å². The van der Waals surface area contributed by atoms with Crippen LogP contribution in [0.25, 0.3) is 10.8 Å². The number of carbonyl (C=O) groups excluding carboxylic acids is 1. The van der Waals surface area contributed by atoms with Crippen LogP contribution in [0.3, 0.4) is 0 Å². The molecule has 0 spiro atoms. The van der Waals surface area contributed by atoms with Gasteiger partial charge in [0.05, 0.1) is 0 Å². The summed E-state index contributed by atoms with van der Waals surface area (Å²) in [6.45, 7) is 2.44. The lowest BCUT2D eigenvalue weighted by Gasteiger charge is -2.32. The Morgan fingerprint density at radius 1 is 1.27 bits per heavy atom. The molecule has 1 amide bonds. The summed E-state index contributed by atoms with van der Waals surface area (Å²) in [6.07, 6.45) is 4.92. The molecule has 1 aromatic carbocycles. The van der Waals surface area contributed by atoms with E-state index in [1.54, 1.807) is 13.3 Å². The van der Waals surface area contributed by atoms with Crippen molar-refractivity contribution in [3.05, 3.63) is 42.2 Å². The van der Waals surface area contributed by atoms with Crippen LogP contribution in [0.1, 0.15) is 29.8 Å². The normalized spacial score (nSPS) is 16.1. The number of piperidine rings is 1. The molecule has 2 heterocycles. The van der Waals surface area contributed by atoms with Gasteiger partial charge in [-0.05, 0) is 36.6 Å². The first-order valence-corrected chi connectivity index (χ1v) is 7.91. The molecule has 1 aliphatic rings. The number of carbonyl (C=O) groups is 1. The van der Waals surface area contributed by atoms with Gasteiger partial charge in [0.2, 0.25) is 0 Å². The highest BCUT2D eigenvalue weighted by Crippen LogP contribution is 2.23. The number of nitrogens with zero attached hydrogens (tertiary/aromatic N) is 2. The lowest BCUT2D eigenvalue weighted by Crippen LogP contribution is -2.39. The largest absolute Gasteiger partial charge is 0.385 e. The number of methoxy groups -OCH3 is 1. The lowest BCUT2D eigenvalue weighted by molar-refractivity contribution is 0.0666. The van der Waals surface area contributed by atoms with E-state index in [1.807, 2.05) is 35.2 Å². The Balaban J connectivity index is 1.72. The fourth-order valence-electron chi connectivity index (χ4n) is 3.15. The molecule has 1 aromatic heterocycles. The van der Waals surface area contributed by atoms with E-state index < -0.39 is 0 Å². The summed E-state index contributed by atoms with van der Waals surface area (Å²) in [5.41, 5.74) is 0.577.